The molecule has 0 radical (unpaired) electrons. The molecule has 0 spiro atoms. The number of nitrogens with two attached hydrogens (primary N) is 1. The van der Waals surface area contributed by atoms with E-state index >= 15 is 0 Å². The van der Waals surface area contributed by atoms with Crippen LogP contribution in [0.25, 0.3) is 0 Å². The molecular weight excluding hydrogens is 220 g/mol. The summed E-state index contributed by atoms with van der Waals surface area (Å²) in [5.74, 6) is 0.141. The van der Waals surface area contributed by atoms with Gasteiger partial charge in [-0.05, 0) is 31.2 Å². The lowest BCUT2D eigenvalue weighted by Gasteiger charge is -2.16. The second kappa shape index (κ2) is 5.32. The van der Waals surface area contributed by atoms with Gasteiger partial charge in [0.1, 0.15) is 17.9 Å². The smallest absolute Gasteiger partial charge is 0.337 e. The fourth-order valence-electron chi connectivity index (χ4n) is 1.07. The Morgan fingerprint density at radius 2 is 2.06 bits per heavy atom. The van der Waals surface area contributed by atoms with Crippen LogP contribution in [0, 0.1) is 11.3 Å². The maximum Gasteiger partial charge on any atom is 0.337 e. The minimum atomic E-state index is -1.03. The first kappa shape index (κ1) is 13.0. The van der Waals surface area contributed by atoms with Gasteiger partial charge in [-0.1, -0.05) is 0 Å². The highest BCUT2D eigenvalue weighted by atomic mass is 16.5. The number of carbonyl (C=O) groups excluding carboxylic acids is 1. The lowest BCUT2D eigenvalue weighted by atomic mass is 10.1. The number of methoxy groups -OCH3 is 1. The molecule has 1 atom stereocenters. The standard InChI is InChI=1S/C12H14N2O3/c1-12(14,7-13)8-17-10-5-3-9(4-6-10)11(15)16-2/h3-6H,8,14H2,1-2H3. The van der Waals surface area contributed by atoms with Crippen LogP contribution in [-0.4, -0.2) is 25.2 Å². The van der Waals surface area contributed by atoms with Gasteiger partial charge in [0, 0.05) is 0 Å². The molecule has 0 saturated heterocycles. The molecule has 1 unspecified atom stereocenters. The van der Waals surface area contributed by atoms with Crippen LogP contribution in [0.1, 0.15) is 17.3 Å². The zero-order valence-electron chi connectivity index (χ0n) is 9.77. The highest BCUT2D eigenvalue weighted by Crippen LogP contribution is 2.14. The number of benzene rings is 1. The average molecular weight is 234 g/mol. The predicted octanol–water partition coefficient (Wildman–Crippen LogP) is 1.09. The summed E-state index contributed by atoms with van der Waals surface area (Å²) in [7, 11) is 1.32. The molecule has 5 nitrogen and oxygen atoms in total. The predicted molar refractivity (Wildman–Crippen MR) is 61.5 cm³/mol. The second-order valence-electron chi connectivity index (χ2n) is 3.83. The van der Waals surface area contributed by atoms with Crippen molar-refractivity contribution in [2.75, 3.05) is 13.7 Å². The van der Waals surface area contributed by atoms with E-state index in [4.69, 9.17) is 15.7 Å². The average Bonchev–Trinajstić information content (AvgIpc) is 2.36. The number of hydrogen-bond donors (Lipinski definition) is 1. The first-order valence-electron chi connectivity index (χ1n) is 5.00. The Bertz CT molecular complexity index is 432. The fourth-order valence-corrected chi connectivity index (χ4v) is 1.07. The van der Waals surface area contributed by atoms with Crippen molar-refractivity contribution in [3.05, 3.63) is 29.8 Å². The van der Waals surface area contributed by atoms with Crippen LogP contribution in [0.2, 0.25) is 0 Å². The third kappa shape index (κ3) is 3.78. The summed E-state index contributed by atoms with van der Waals surface area (Å²) in [4.78, 5) is 11.2. The summed E-state index contributed by atoms with van der Waals surface area (Å²) in [5, 5.41) is 8.70. The van der Waals surface area contributed by atoms with E-state index in [0.29, 0.717) is 11.3 Å². The molecule has 1 aromatic carbocycles. The quantitative estimate of drug-likeness (QED) is 0.788. The van der Waals surface area contributed by atoms with Gasteiger partial charge in [-0.15, -0.1) is 0 Å². The van der Waals surface area contributed by atoms with Crippen molar-refractivity contribution in [1.82, 2.24) is 0 Å². The molecule has 2 N–H and O–H groups in total. The molecule has 17 heavy (non-hydrogen) atoms. The SMILES string of the molecule is COC(=O)c1ccc(OCC(C)(N)C#N)cc1. The first-order chi connectivity index (χ1) is 7.98. The summed E-state index contributed by atoms with van der Waals surface area (Å²) in [6.07, 6.45) is 0. The molecule has 0 aliphatic rings. The zero-order valence-corrected chi connectivity index (χ0v) is 9.77. The lowest BCUT2D eigenvalue weighted by Crippen LogP contribution is -2.40. The van der Waals surface area contributed by atoms with Gasteiger partial charge in [0.25, 0.3) is 0 Å². The van der Waals surface area contributed by atoms with Crippen LogP contribution in [0.5, 0.6) is 5.75 Å². The Kier molecular flexibility index (Phi) is 4.07. The Morgan fingerprint density at radius 3 is 2.53 bits per heavy atom. The van der Waals surface area contributed by atoms with E-state index in [9.17, 15) is 4.79 Å². The van der Waals surface area contributed by atoms with E-state index in [1.54, 1.807) is 31.2 Å². The van der Waals surface area contributed by atoms with Crippen molar-refractivity contribution in [3.63, 3.8) is 0 Å². The first-order valence-corrected chi connectivity index (χ1v) is 5.00. The van der Waals surface area contributed by atoms with Crippen molar-refractivity contribution in [3.8, 4) is 11.8 Å². The molecule has 0 aromatic heterocycles. The minimum Gasteiger partial charge on any atom is -0.491 e. The van der Waals surface area contributed by atoms with E-state index in [2.05, 4.69) is 4.74 Å². The van der Waals surface area contributed by atoms with Crippen LogP contribution in [0.15, 0.2) is 24.3 Å². The van der Waals surface area contributed by atoms with Gasteiger partial charge in [-0.2, -0.15) is 5.26 Å². The van der Waals surface area contributed by atoms with Gasteiger partial charge in [0.05, 0.1) is 18.7 Å². The van der Waals surface area contributed by atoms with E-state index < -0.39 is 11.5 Å². The molecule has 5 heteroatoms. The minimum absolute atomic E-state index is 0.0844. The Hall–Kier alpha value is -2.06. The Morgan fingerprint density at radius 1 is 1.47 bits per heavy atom. The van der Waals surface area contributed by atoms with Crippen molar-refractivity contribution < 1.29 is 14.3 Å². The highest BCUT2D eigenvalue weighted by molar-refractivity contribution is 5.89. The number of hydrogen-bond acceptors (Lipinski definition) is 5. The van der Waals surface area contributed by atoms with Crippen molar-refractivity contribution in [2.24, 2.45) is 5.73 Å². The van der Waals surface area contributed by atoms with Crippen LogP contribution in [0.4, 0.5) is 0 Å². The number of nitrogens with zero attached hydrogens (tertiary/aromatic N) is 1. The topological polar surface area (TPSA) is 85.3 Å². The Labute approximate surface area is 99.7 Å². The van der Waals surface area contributed by atoms with Gasteiger partial charge in [-0.25, -0.2) is 4.79 Å². The molecule has 1 rings (SSSR count). The van der Waals surface area contributed by atoms with Gasteiger partial charge in [-0.3, -0.25) is 0 Å². The molecule has 90 valence electrons. The summed E-state index contributed by atoms with van der Waals surface area (Å²) >= 11 is 0. The van der Waals surface area contributed by atoms with Crippen molar-refractivity contribution >= 4 is 5.97 Å². The molecular formula is C12H14N2O3. The number of rotatable bonds is 4. The zero-order chi connectivity index (χ0) is 12.9. The molecule has 0 bridgehead atoms. The van der Waals surface area contributed by atoms with Crippen LogP contribution in [0.3, 0.4) is 0 Å². The van der Waals surface area contributed by atoms with E-state index in [1.165, 1.54) is 7.11 Å². The molecule has 0 aliphatic carbocycles. The van der Waals surface area contributed by atoms with E-state index in [1.807, 2.05) is 6.07 Å². The second-order valence-corrected chi connectivity index (χ2v) is 3.83. The van der Waals surface area contributed by atoms with Gasteiger partial charge in [0.2, 0.25) is 0 Å². The largest absolute Gasteiger partial charge is 0.491 e. The lowest BCUT2D eigenvalue weighted by molar-refractivity contribution is 0.0600. The van der Waals surface area contributed by atoms with Crippen LogP contribution < -0.4 is 10.5 Å². The molecule has 0 heterocycles. The van der Waals surface area contributed by atoms with Crippen LogP contribution in [-0.2, 0) is 4.74 Å². The molecule has 0 saturated carbocycles. The molecule has 0 aliphatic heterocycles. The maximum atomic E-state index is 11.2. The third-order valence-electron chi connectivity index (χ3n) is 2.07. The molecule has 0 fully saturated rings. The van der Waals surface area contributed by atoms with Gasteiger partial charge < -0.3 is 15.2 Å². The van der Waals surface area contributed by atoms with Crippen molar-refractivity contribution in [2.45, 2.75) is 12.5 Å². The highest BCUT2D eigenvalue weighted by Gasteiger charge is 2.18. The number of carbonyl (C=O) groups is 1. The van der Waals surface area contributed by atoms with E-state index in [0.717, 1.165) is 0 Å². The van der Waals surface area contributed by atoms with Crippen molar-refractivity contribution in [1.29, 1.82) is 5.26 Å². The Balaban J connectivity index is 2.64. The maximum absolute atomic E-state index is 11.2. The summed E-state index contributed by atoms with van der Waals surface area (Å²) in [5.41, 5.74) is 5.02. The monoisotopic (exact) mass is 234 g/mol. The van der Waals surface area contributed by atoms with E-state index in [-0.39, 0.29) is 6.61 Å². The van der Waals surface area contributed by atoms with Crippen LogP contribution >= 0.6 is 0 Å². The third-order valence-corrected chi connectivity index (χ3v) is 2.07. The van der Waals surface area contributed by atoms with Gasteiger partial charge in [0.15, 0.2) is 0 Å². The molecule has 0 amide bonds. The van der Waals surface area contributed by atoms with Gasteiger partial charge >= 0.3 is 5.97 Å². The summed E-state index contributed by atoms with van der Waals surface area (Å²) in [6.45, 7) is 1.66. The number of esters is 1. The summed E-state index contributed by atoms with van der Waals surface area (Å²) in [6, 6.07) is 8.35. The number of ether oxygens (including phenoxy) is 2. The number of nitriles is 1. The normalized spacial score (nSPS) is 13.3. The summed E-state index contributed by atoms with van der Waals surface area (Å²) < 4.78 is 9.90. The fraction of sp³-hybridized carbons (Fsp3) is 0.333. The molecule has 1 aromatic rings.